The Kier molecular flexibility index (Phi) is 9.51. The van der Waals surface area contributed by atoms with E-state index in [9.17, 15) is 18.0 Å². The lowest BCUT2D eigenvalue weighted by Gasteiger charge is -2.20. The molecule has 0 aliphatic heterocycles. The van der Waals surface area contributed by atoms with Gasteiger partial charge in [0.25, 0.3) is 0 Å². The van der Waals surface area contributed by atoms with Crippen LogP contribution in [0.15, 0.2) is 60.7 Å². The van der Waals surface area contributed by atoms with Gasteiger partial charge in [-0.2, -0.15) is 13.2 Å². The molecule has 0 N–H and O–H groups in total. The molecule has 0 radical (unpaired) electrons. The van der Waals surface area contributed by atoms with Gasteiger partial charge in [-0.1, -0.05) is 44.9 Å². The van der Waals surface area contributed by atoms with Gasteiger partial charge in [0.15, 0.2) is 0 Å². The third-order valence-corrected chi connectivity index (χ3v) is 5.78. The third-order valence-electron chi connectivity index (χ3n) is 5.78. The second-order valence-corrected chi connectivity index (χ2v) is 8.78. The van der Waals surface area contributed by atoms with E-state index in [1.54, 1.807) is 18.2 Å². The van der Waals surface area contributed by atoms with Crippen LogP contribution in [0.4, 0.5) is 13.2 Å². The topological polar surface area (TPSA) is 48.4 Å². The summed E-state index contributed by atoms with van der Waals surface area (Å²) in [5.74, 6) is 0.868. The summed E-state index contributed by atoms with van der Waals surface area (Å²) >= 11 is 0. The van der Waals surface area contributed by atoms with Crippen LogP contribution < -0.4 is 9.47 Å². The number of nitrogens with zero attached hydrogens (tertiary/aromatic N) is 1. The fourth-order valence-corrected chi connectivity index (χ4v) is 3.82. The molecule has 0 aliphatic carbocycles. The average Bonchev–Trinajstić information content (AvgIpc) is 2.85. The number of unbranched alkanes of at least 4 members (excludes halogenated alkanes) is 2. The van der Waals surface area contributed by atoms with Gasteiger partial charge in [-0.05, 0) is 74.2 Å². The number of aryl methyl sites for hydroxylation is 1. The number of carbonyl (C=O) groups excluding carboxylic acids is 1. The number of hydrogen-bond acceptors (Lipinski definition) is 4. The zero-order valence-corrected chi connectivity index (χ0v) is 20.9. The summed E-state index contributed by atoms with van der Waals surface area (Å²) in [5.41, 5.74) is 1.99. The first-order valence-electron chi connectivity index (χ1n) is 12.3. The highest BCUT2D eigenvalue weighted by Gasteiger charge is 2.30. The lowest BCUT2D eigenvalue weighted by molar-refractivity contribution is -0.137. The summed E-state index contributed by atoms with van der Waals surface area (Å²) in [5, 5.41) is 0. The van der Waals surface area contributed by atoms with Crippen molar-refractivity contribution < 1.29 is 27.4 Å². The number of aromatic nitrogens is 1. The zero-order valence-electron chi connectivity index (χ0n) is 20.9. The molecular formula is C29H32F3NO3. The predicted octanol–water partition coefficient (Wildman–Crippen LogP) is 8.48. The lowest BCUT2D eigenvalue weighted by atomic mass is 10.0. The summed E-state index contributed by atoms with van der Waals surface area (Å²) in [6.45, 7) is 5.91. The molecule has 0 amide bonds. The van der Waals surface area contributed by atoms with Crippen molar-refractivity contribution in [2.75, 3.05) is 0 Å². The van der Waals surface area contributed by atoms with Crippen molar-refractivity contribution in [2.24, 2.45) is 0 Å². The average molecular weight is 500 g/mol. The molecule has 2 aromatic carbocycles. The summed E-state index contributed by atoms with van der Waals surface area (Å²) in [7, 11) is 0. The van der Waals surface area contributed by atoms with Crippen molar-refractivity contribution in [3.05, 3.63) is 77.5 Å². The van der Waals surface area contributed by atoms with E-state index in [0.29, 0.717) is 34.9 Å². The Balaban J connectivity index is 1.83. The second-order valence-electron chi connectivity index (χ2n) is 8.78. The highest BCUT2D eigenvalue weighted by atomic mass is 19.4. The van der Waals surface area contributed by atoms with Crippen molar-refractivity contribution in [3.8, 4) is 22.8 Å². The minimum Gasteiger partial charge on any atom is -0.484 e. The molecule has 192 valence electrons. The molecule has 0 spiro atoms. The van der Waals surface area contributed by atoms with Crippen molar-refractivity contribution in [2.45, 2.75) is 71.6 Å². The number of halogens is 3. The van der Waals surface area contributed by atoms with Crippen LogP contribution in [0.25, 0.3) is 11.3 Å². The number of esters is 1. The van der Waals surface area contributed by atoms with E-state index < -0.39 is 11.7 Å². The van der Waals surface area contributed by atoms with Crippen LogP contribution in [0, 0.1) is 6.92 Å². The third kappa shape index (κ3) is 7.57. The maximum absolute atomic E-state index is 12.9. The highest BCUT2D eigenvalue weighted by molar-refractivity contribution is 5.72. The van der Waals surface area contributed by atoms with Crippen LogP contribution in [0.2, 0.25) is 0 Å². The van der Waals surface area contributed by atoms with E-state index >= 15 is 0 Å². The minimum atomic E-state index is -4.38. The number of benzene rings is 2. The summed E-state index contributed by atoms with van der Waals surface area (Å²) < 4.78 is 50.6. The zero-order chi connectivity index (χ0) is 26.1. The molecule has 1 atom stereocenters. The van der Waals surface area contributed by atoms with Crippen molar-refractivity contribution in [1.82, 2.24) is 4.98 Å². The van der Waals surface area contributed by atoms with Crippen LogP contribution >= 0.6 is 0 Å². The number of alkyl halides is 3. The summed E-state index contributed by atoms with van der Waals surface area (Å²) in [6, 6.07) is 15.8. The molecule has 0 fully saturated rings. The van der Waals surface area contributed by atoms with Gasteiger partial charge in [0.2, 0.25) is 0 Å². The number of pyridine rings is 1. The van der Waals surface area contributed by atoms with Gasteiger partial charge in [-0.25, -0.2) is 4.98 Å². The Morgan fingerprint density at radius 3 is 2.36 bits per heavy atom. The molecule has 0 bridgehead atoms. The van der Waals surface area contributed by atoms with Crippen LogP contribution in [0.5, 0.6) is 11.5 Å². The number of carbonyl (C=O) groups is 1. The first-order chi connectivity index (χ1) is 17.2. The Morgan fingerprint density at radius 2 is 1.72 bits per heavy atom. The number of ether oxygens (including phenoxy) is 2. The molecular weight excluding hydrogens is 467 g/mol. The van der Waals surface area contributed by atoms with Crippen molar-refractivity contribution in [3.63, 3.8) is 0 Å². The number of rotatable bonds is 11. The van der Waals surface area contributed by atoms with Crippen molar-refractivity contribution in [1.29, 1.82) is 0 Å². The molecule has 0 saturated heterocycles. The van der Waals surface area contributed by atoms with Crippen LogP contribution in [0.3, 0.4) is 0 Å². The Hall–Kier alpha value is -3.35. The van der Waals surface area contributed by atoms with Crippen molar-refractivity contribution >= 4 is 5.97 Å². The van der Waals surface area contributed by atoms with E-state index in [1.807, 2.05) is 32.0 Å². The van der Waals surface area contributed by atoms with E-state index in [0.717, 1.165) is 49.8 Å². The van der Waals surface area contributed by atoms with E-state index in [2.05, 4.69) is 6.92 Å². The molecule has 1 aromatic heterocycles. The largest absolute Gasteiger partial charge is 0.484 e. The predicted molar refractivity (Wildman–Crippen MR) is 134 cm³/mol. The molecule has 4 nitrogen and oxygen atoms in total. The first kappa shape index (κ1) is 27.2. The monoisotopic (exact) mass is 499 g/mol. The lowest BCUT2D eigenvalue weighted by Crippen LogP contribution is -2.11. The molecule has 1 unspecified atom stereocenters. The van der Waals surface area contributed by atoms with Crippen LogP contribution in [-0.4, -0.2) is 11.0 Å². The smallest absolute Gasteiger partial charge is 0.416 e. The molecule has 0 saturated carbocycles. The molecule has 36 heavy (non-hydrogen) atoms. The Morgan fingerprint density at radius 1 is 0.972 bits per heavy atom. The molecule has 0 aliphatic rings. The molecule has 3 aromatic rings. The fourth-order valence-electron chi connectivity index (χ4n) is 3.82. The van der Waals surface area contributed by atoms with Gasteiger partial charge in [-0.15, -0.1) is 0 Å². The minimum absolute atomic E-state index is 0.268. The first-order valence-corrected chi connectivity index (χ1v) is 12.3. The standard InChI is InChI=1S/C29H32F3NO3/c1-4-6-7-12-27(35-23-17-18-26(20(3)19-23)36-28(34)9-5-2)25-11-8-10-24(33-25)21-13-15-22(16-14-21)29(30,31)32/h8,10-11,13-19,27H,4-7,9,12H2,1-3H3. The van der Waals surface area contributed by atoms with Gasteiger partial charge in [0, 0.05) is 12.0 Å². The van der Waals surface area contributed by atoms with E-state index in [4.69, 9.17) is 14.5 Å². The second kappa shape index (κ2) is 12.6. The highest BCUT2D eigenvalue weighted by Crippen LogP contribution is 2.33. The Bertz CT molecular complexity index is 1140. The SMILES string of the molecule is CCCCCC(Oc1ccc(OC(=O)CCC)c(C)c1)c1cccc(-c2ccc(C(F)(F)F)cc2)n1. The van der Waals surface area contributed by atoms with Gasteiger partial charge >= 0.3 is 12.1 Å². The van der Waals surface area contributed by atoms with E-state index in [-0.39, 0.29) is 12.1 Å². The van der Waals surface area contributed by atoms with E-state index in [1.165, 1.54) is 12.1 Å². The maximum atomic E-state index is 12.9. The number of hydrogen-bond donors (Lipinski definition) is 0. The summed E-state index contributed by atoms with van der Waals surface area (Å²) in [4.78, 5) is 16.6. The normalized spacial score (nSPS) is 12.3. The maximum Gasteiger partial charge on any atom is 0.416 e. The Labute approximate surface area is 210 Å². The fraction of sp³-hybridized carbons (Fsp3) is 0.379. The quantitative estimate of drug-likeness (QED) is 0.151. The van der Waals surface area contributed by atoms with Crippen LogP contribution in [0.1, 0.15) is 75.3 Å². The van der Waals surface area contributed by atoms with Gasteiger partial charge in [-0.3, -0.25) is 4.79 Å². The van der Waals surface area contributed by atoms with Crippen LogP contribution in [-0.2, 0) is 11.0 Å². The molecule has 7 heteroatoms. The molecule has 3 rings (SSSR count). The summed E-state index contributed by atoms with van der Waals surface area (Å²) in [6.07, 6.45) is 0.150. The molecule has 1 heterocycles. The van der Waals surface area contributed by atoms with Gasteiger partial charge in [0.05, 0.1) is 17.0 Å². The van der Waals surface area contributed by atoms with Gasteiger partial charge < -0.3 is 9.47 Å². The van der Waals surface area contributed by atoms with Gasteiger partial charge in [0.1, 0.15) is 17.6 Å².